The van der Waals surface area contributed by atoms with Gasteiger partial charge in [-0.15, -0.1) is 0 Å². The Morgan fingerprint density at radius 1 is 0.923 bits per heavy atom. The maximum Gasteiger partial charge on any atom is 0.231 e. The monoisotopic (exact) mass is 352 g/mol. The lowest BCUT2D eigenvalue weighted by molar-refractivity contribution is 0.174. The van der Waals surface area contributed by atoms with E-state index >= 15 is 0 Å². The topological polar surface area (TPSA) is 50.7 Å². The first-order chi connectivity index (χ1) is 12.9. The van der Waals surface area contributed by atoms with E-state index in [1.165, 1.54) is 35.5 Å². The highest BCUT2D eigenvalue weighted by molar-refractivity contribution is 5.50. The Kier molecular flexibility index (Phi) is 4.13. The molecule has 0 atom stereocenters. The van der Waals surface area contributed by atoms with Crippen LogP contribution >= 0.6 is 0 Å². The Morgan fingerprint density at radius 2 is 1.77 bits per heavy atom. The van der Waals surface area contributed by atoms with Crippen LogP contribution in [0.1, 0.15) is 29.7 Å². The minimum absolute atomic E-state index is 0.329. The molecular weight excluding hydrogens is 328 g/mol. The lowest BCUT2D eigenvalue weighted by Gasteiger charge is -2.21. The largest absolute Gasteiger partial charge is 0.454 e. The Balaban J connectivity index is 1.32. The van der Waals surface area contributed by atoms with Crippen molar-refractivity contribution in [2.75, 3.05) is 37.9 Å². The Hall–Kier alpha value is -2.34. The van der Waals surface area contributed by atoms with E-state index in [1.807, 2.05) is 6.07 Å². The van der Waals surface area contributed by atoms with Gasteiger partial charge in [-0.1, -0.05) is 6.07 Å². The number of anilines is 1. The van der Waals surface area contributed by atoms with E-state index in [0.717, 1.165) is 57.1 Å². The zero-order valence-electron chi connectivity index (χ0n) is 15.0. The van der Waals surface area contributed by atoms with Crippen molar-refractivity contribution in [1.29, 1.82) is 0 Å². The number of ether oxygens (including phenoxy) is 2. The van der Waals surface area contributed by atoms with E-state index in [4.69, 9.17) is 9.47 Å². The first-order valence-electron chi connectivity index (χ1n) is 9.55. The summed E-state index contributed by atoms with van der Waals surface area (Å²) < 4.78 is 10.9. The highest BCUT2D eigenvalue weighted by Gasteiger charge is 2.23. The van der Waals surface area contributed by atoms with E-state index < -0.39 is 0 Å². The molecule has 2 aromatic rings. The predicted molar refractivity (Wildman–Crippen MR) is 98.7 cm³/mol. The zero-order valence-corrected chi connectivity index (χ0v) is 15.0. The average Bonchev–Trinajstić information content (AvgIpc) is 3.31. The smallest absolute Gasteiger partial charge is 0.231 e. The molecular formula is C20H24N4O2. The first kappa shape index (κ1) is 15.9. The Morgan fingerprint density at radius 3 is 2.69 bits per heavy atom. The van der Waals surface area contributed by atoms with Crippen molar-refractivity contribution < 1.29 is 9.47 Å². The average molecular weight is 352 g/mol. The number of nitrogens with zero attached hydrogens (tertiary/aromatic N) is 4. The second kappa shape index (κ2) is 6.76. The quantitative estimate of drug-likeness (QED) is 0.846. The molecule has 4 heterocycles. The summed E-state index contributed by atoms with van der Waals surface area (Å²) in [5.74, 6) is 2.89. The molecule has 0 radical (unpaired) electrons. The second-order valence-electron chi connectivity index (χ2n) is 7.28. The molecule has 6 nitrogen and oxygen atoms in total. The fourth-order valence-corrected chi connectivity index (χ4v) is 4.21. The molecule has 0 amide bonds. The van der Waals surface area contributed by atoms with Crippen molar-refractivity contribution >= 4 is 5.82 Å². The van der Waals surface area contributed by atoms with E-state index in [1.54, 1.807) is 6.33 Å². The van der Waals surface area contributed by atoms with Crippen LogP contribution in [0, 0.1) is 0 Å². The van der Waals surface area contributed by atoms with Gasteiger partial charge in [-0.2, -0.15) is 0 Å². The van der Waals surface area contributed by atoms with Gasteiger partial charge in [-0.05, 0) is 37.0 Å². The van der Waals surface area contributed by atoms with Gasteiger partial charge in [0.2, 0.25) is 6.79 Å². The molecule has 1 fully saturated rings. The predicted octanol–water partition coefficient (Wildman–Crippen LogP) is 2.41. The van der Waals surface area contributed by atoms with E-state index in [-0.39, 0.29) is 0 Å². The maximum absolute atomic E-state index is 5.51. The zero-order chi connectivity index (χ0) is 17.3. The normalized spacial score (nSPS) is 19.5. The third-order valence-corrected chi connectivity index (χ3v) is 5.60. The molecule has 0 aliphatic carbocycles. The fraction of sp³-hybridized carbons (Fsp3) is 0.500. The van der Waals surface area contributed by atoms with Crippen LogP contribution in [-0.2, 0) is 19.4 Å². The summed E-state index contributed by atoms with van der Waals surface area (Å²) in [7, 11) is 0. The number of rotatable bonds is 3. The van der Waals surface area contributed by atoms with Crippen LogP contribution in [0.4, 0.5) is 5.82 Å². The molecule has 1 aromatic heterocycles. The highest BCUT2D eigenvalue weighted by Crippen LogP contribution is 2.33. The molecule has 0 spiro atoms. The van der Waals surface area contributed by atoms with Crippen molar-refractivity contribution in [2.24, 2.45) is 0 Å². The molecule has 5 rings (SSSR count). The van der Waals surface area contributed by atoms with Crippen molar-refractivity contribution in [3.63, 3.8) is 0 Å². The van der Waals surface area contributed by atoms with Crippen LogP contribution in [0.3, 0.4) is 0 Å². The summed E-state index contributed by atoms with van der Waals surface area (Å²) in [4.78, 5) is 14.2. The minimum Gasteiger partial charge on any atom is -0.454 e. The molecule has 3 aliphatic heterocycles. The van der Waals surface area contributed by atoms with Gasteiger partial charge in [-0.25, -0.2) is 9.97 Å². The van der Waals surface area contributed by atoms with Crippen LogP contribution in [0.2, 0.25) is 0 Å². The fourth-order valence-electron chi connectivity index (χ4n) is 4.21. The molecule has 0 bridgehead atoms. The standard InChI is InChI=1S/C20H24N4O2/c1-2-8-24(7-1)20-16-5-9-23(10-6-17(16)21-13-22-20)12-15-3-4-18-19(11-15)26-14-25-18/h3-4,11,13H,1-2,5-10,12,14H2. The van der Waals surface area contributed by atoms with E-state index in [2.05, 4.69) is 31.9 Å². The Labute approximate surface area is 153 Å². The van der Waals surface area contributed by atoms with Crippen molar-refractivity contribution in [2.45, 2.75) is 32.2 Å². The third kappa shape index (κ3) is 2.98. The van der Waals surface area contributed by atoms with Crippen LogP contribution in [0.15, 0.2) is 24.5 Å². The summed E-state index contributed by atoms with van der Waals surface area (Å²) in [6.45, 7) is 5.58. The van der Waals surface area contributed by atoms with Gasteiger partial charge in [0, 0.05) is 44.7 Å². The molecule has 0 N–H and O–H groups in total. The van der Waals surface area contributed by atoms with Gasteiger partial charge >= 0.3 is 0 Å². The molecule has 3 aliphatic rings. The lowest BCUT2D eigenvalue weighted by Crippen LogP contribution is -2.26. The molecule has 1 aromatic carbocycles. The summed E-state index contributed by atoms with van der Waals surface area (Å²) in [6, 6.07) is 6.26. The van der Waals surface area contributed by atoms with Gasteiger partial charge < -0.3 is 14.4 Å². The van der Waals surface area contributed by atoms with E-state index in [0.29, 0.717) is 6.79 Å². The van der Waals surface area contributed by atoms with Gasteiger partial charge in [0.1, 0.15) is 12.1 Å². The number of hydrogen-bond donors (Lipinski definition) is 0. The van der Waals surface area contributed by atoms with Crippen LogP contribution in [0.25, 0.3) is 0 Å². The lowest BCUT2D eigenvalue weighted by atomic mass is 10.1. The maximum atomic E-state index is 5.51. The summed E-state index contributed by atoms with van der Waals surface area (Å²) in [5, 5.41) is 0. The van der Waals surface area contributed by atoms with Gasteiger partial charge in [-0.3, -0.25) is 4.90 Å². The molecule has 6 heteroatoms. The van der Waals surface area contributed by atoms with Crippen LogP contribution in [-0.4, -0.2) is 47.8 Å². The Bertz CT molecular complexity index is 804. The van der Waals surface area contributed by atoms with Crippen LogP contribution in [0.5, 0.6) is 11.5 Å². The molecule has 136 valence electrons. The van der Waals surface area contributed by atoms with Crippen molar-refractivity contribution in [3.8, 4) is 11.5 Å². The second-order valence-corrected chi connectivity index (χ2v) is 7.28. The molecule has 0 saturated carbocycles. The van der Waals surface area contributed by atoms with Crippen molar-refractivity contribution in [1.82, 2.24) is 14.9 Å². The summed E-state index contributed by atoms with van der Waals surface area (Å²) in [6.07, 6.45) is 6.31. The van der Waals surface area contributed by atoms with Gasteiger partial charge in [0.25, 0.3) is 0 Å². The van der Waals surface area contributed by atoms with Crippen LogP contribution < -0.4 is 14.4 Å². The number of aromatic nitrogens is 2. The minimum atomic E-state index is 0.329. The third-order valence-electron chi connectivity index (χ3n) is 5.60. The van der Waals surface area contributed by atoms with Gasteiger partial charge in [0.05, 0.1) is 5.69 Å². The van der Waals surface area contributed by atoms with Gasteiger partial charge in [0.15, 0.2) is 11.5 Å². The first-order valence-corrected chi connectivity index (χ1v) is 9.55. The summed E-state index contributed by atoms with van der Waals surface area (Å²) >= 11 is 0. The molecule has 0 unspecified atom stereocenters. The molecule has 1 saturated heterocycles. The highest BCUT2D eigenvalue weighted by atomic mass is 16.7. The number of hydrogen-bond acceptors (Lipinski definition) is 6. The SMILES string of the molecule is c1nc2c(c(N3CCCC3)n1)CCN(Cc1ccc3c(c1)OCO3)CC2. The summed E-state index contributed by atoms with van der Waals surface area (Å²) in [5.41, 5.74) is 3.86. The number of fused-ring (bicyclic) bond motifs is 2. The number of benzene rings is 1. The van der Waals surface area contributed by atoms with E-state index in [9.17, 15) is 0 Å². The molecule has 26 heavy (non-hydrogen) atoms. The van der Waals surface area contributed by atoms with Crippen molar-refractivity contribution in [3.05, 3.63) is 41.3 Å².